The van der Waals surface area contributed by atoms with Gasteiger partial charge in [0.2, 0.25) is 0 Å². The van der Waals surface area contributed by atoms with Crippen LogP contribution >= 0.6 is 11.3 Å². The third kappa shape index (κ3) is 5.60. The SMILES string of the molecule is CNCC[C@H](Oc1ccccc1NC1CCC(c2ccccc2)(N(C)C)CC1)c1cccs1. The summed E-state index contributed by atoms with van der Waals surface area (Å²) in [4.78, 5) is 3.69. The van der Waals surface area contributed by atoms with Gasteiger partial charge in [-0.25, -0.2) is 0 Å². The first-order chi connectivity index (χ1) is 16.1. The Morgan fingerprint density at radius 3 is 2.39 bits per heavy atom. The minimum absolute atomic E-state index is 0.0613. The maximum atomic E-state index is 6.58. The molecule has 33 heavy (non-hydrogen) atoms. The number of rotatable bonds is 10. The Morgan fingerprint density at radius 2 is 1.73 bits per heavy atom. The van der Waals surface area contributed by atoms with E-state index in [2.05, 4.69) is 102 Å². The molecule has 2 N–H and O–H groups in total. The standard InChI is InChI=1S/C28H37N3OS/c1-29-20-17-26(27-14-9-21-33-27)32-25-13-8-7-12-24(25)30-23-15-18-28(19-16-23,31(2)3)22-10-5-4-6-11-22/h4-14,21,23,26,29-30H,15-20H2,1-3H3/t23?,26-,28?/m0/s1. The summed E-state index contributed by atoms with van der Waals surface area (Å²) in [6, 6.07) is 24.1. The van der Waals surface area contributed by atoms with Crippen molar-refractivity contribution in [1.29, 1.82) is 0 Å². The van der Waals surface area contributed by atoms with Gasteiger partial charge in [0, 0.05) is 22.9 Å². The van der Waals surface area contributed by atoms with E-state index in [1.165, 1.54) is 10.4 Å². The lowest BCUT2D eigenvalue weighted by Gasteiger charge is -2.46. The number of thiophene rings is 1. The summed E-state index contributed by atoms with van der Waals surface area (Å²) in [5.74, 6) is 0.944. The van der Waals surface area contributed by atoms with Crippen molar-refractivity contribution in [3.63, 3.8) is 0 Å². The van der Waals surface area contributed by atoms with Gasteiger partial charge < -0.3 is 15.4 Å². The molecular weight excluding hydrogens is 426 g/mol. The maximum Gasteiger partial charge on any atom is 0.143 e. The van der Waals surface area contributed by atoms with E-state index >= 15 is 0 Å². The molecule has 1 fully saturated rings. The molecule has 0 spiro atoms. The van der Waals surface area contributed by atoms with Crippen molar-refractivity contribution in [2.45, 2.75) is 49.8 Å². The summed E-state index contributed by atoms with van der Waals surface area (Å²) in [7, 11) is 6.44. The summed E-state index contributed by atoms with van der Waals surface area (Å²) in [6.07, 6.45) is 5.56. The first kappa shape index (κ1) is 23.8. The molecule has 0 bridgehead atoms. The van der Waals surface area contributed by atoms with Gasteiger partial charge >= 0.3 is 0 Å². The van der Waals surface area contributed by atoms with Crippen molar-refractivity contribution >= 4 is 17.0 Å². The smallest absolute Gasteiger partial charge is 0.143 e. The Kier molecular flexibility index (Phi) is 8.07. The third-order valence-corrected chi connectivity index (χ3v) is 7.98. The molecule has 1 atom stereocenters. The lowest BCUT2D eigenvalue weighted by molar-refractivity contribution is 0.0944. The summed E-state index contributed by atoms with van der Waals surface area (Å²) >= 11 is 1.76. The highest BCUT2D eigenvalue weighted by Crippen LogP contribution is 2.42. The molecule has 176 valence electrons. The van der Waals surface area contributed by atoms with E-state index < -0.39 is 0 Å². The van der Waals surface area contributed by atoms with Crippen LogP contribution in [-0.2, 0) is 5.54 Å². The van der Waals surface area contributed by atoms with Crippen molar-refractivity contribution < 1.29 is 4.74 Å². The van der Waals surface area contributed by atoms with E-state index in [-0.39, 0.29) is 11.6 Å². The zero-order chi connectivity index (χ0) is 23.1. The summed E-state index contributed by atoms with van der Waals surface area (Å²) in [6.45, 7) is 0.924. The topological polar surface area (TPSA) is 36.5 Å². The van der Waals surface area contributed by atoms with E-state index in [1.807, 2.05) is 7.05 Å². The predicted molar refractivity (Wildman–Crippen MR) is 140 cm³/mol. The zero-order valence-electron chi connectivity index (χ0n) is 20.1. The highest BCUT2D eigenvalue weighted by atomic mass is 32.1. The minimum Gasteiger partial charge on any atom is -0.483 e. The number of para-hydroxylation sites is 2. The van der Waals surface area contributed by atoms with Crippen LogP contribution in [0.15, 0.2) is 72.1 Å². The molecule has 0 aliphatic heterocycles. The Bertz CT molecular complexity index is 966. The summed E-state index contributed by atoms with van der Waals surface area (Å²) in [5, 5.41) is 9.22. The highest BCUT2D eigenvalue weighted by molar-refractivity contribution is 7.10. The van der Waals surface area contributed by atoms with E-state index in [1.54, 1.807) is 11.3 Å². The van der Waals surface area contributed by atoms with Gasteiger partial charge in [-0.05, 0) is 82.5 Å². The molecule has 4 rings (SSSR count). The van der Waals surface area contributed by atoms with Crippen LogP contribution in [0.5, 0.6) is 5.75 Å². The molecule has 4 nitrogen and oxygen atoms in total. The zero-order valence-corrected chi connectivity index (χ0v) is 20.9. The van der Waals surface area contributed by atoms with E-state index in [0.29, 0.717) is 6.04 Å². The summed E-state index contributed by atoms with van der Waals surface area (Å²) in [5.41, 5.74) is 2.65. The average Bonchev–Trinajstić information content (AvgIpc) is 3.39. The molecular formula is C28H37N3OS. The van der Waals surface area contributed by atoms with Crippen molar-refractivity contribution in [3.8, 4) is 5.75 Å². The van der Waals surface area contributed by atoms with Gasteiger partial charge in [0.15, 0.2) is 0 Å². The monoisotopic (exact) mass is 463 g/mol. The Hall–Kier alpha value is -2.34. The van der Waals surface area contributed by atoms with Crippen LogP contribution < -0.4 is 15.4 Å². The van der Waals surface area contributed by atoms with Gasteiger partial charge in [-0.2, -0.15) is 0 Å². The van der Waals surface area contributed by atoms with Crippen molar-refractivity contribution in [3.05, 3.63) is 82.6 Å². The van der Waals surface area contributed by atoms with Crippen LogP contribution in [0, 0.1) is 0 Å². The van der Waals surface area contributed by atoms with E-state index in [0.717, 1.165) is 50.1 Å². The van der Waals surface area contributed by atoms with Crippen LogP contribution in [0.4, 0.5) is 5.69 Å². The number of anilines is 1. The second-order valence-electron chi connectivity index (χ2n) is 9.22. The van der Waals surface area contributed by atoms with E-state index in [9.17, 15) is 0 Å². The summed E-state index contributed by atoms with van der Waals surface area (Å²) < 4.78 is 6.58. The Labute approximate surface area is 203 Å². The highest BCUT2D eigenvalue weighted by Gasteiger charge is 2.38. The van der Waals surface area contributed by atoms with Crippen molar-refractivity contribution in [2.24, 2.45) is 0 Å². The number of nitrogens with zero attached hydrogens (tertiary/aromatic N) is 1. The fraction of sp³-hybridized carbons (Fsp3) is 0.429. The normalized spacial score (nSPS) is 21.6. The molecule has 1 saturated carbocycles. The first-order valence-corrected chi connectivity index (χ1v) is 12.9. The molecule has 0 radical (unpaired) electrons. The van der Waals surface area contributed by atoms with Gasteiger partial charge in [0.1, 0.15) is 11.9 Å². The quantitative estimate of drug-likeness (QED) is 0.370. The number of benzene rings is 2. The largest absolute Gasteiger partial charge is 0.483 e. The second-order valence-corrected chi connectivity index (χ2v) is 10.2. The minimum atomic E-state index is 0.0613. The van der Waals surface area contributed by atoms with Gasteiger partial charge in [-0.15, -0.1) is 11.3 Å². The van der Waals surface area contributed by atoms with Crippen LogP contribution in [0.2, 0.25) is 0 Å². The van der Waals surface area contributed by atoms with Gasteiger partial charge in [-0.1, -0.05) is 48.5 Å². The molecule has 5 heteroatoms. The van der Waals surface area contributed by atoms with Gasteiger partial charge in [0.25, 0.3) is 0 Å². The van der Waals surface area contributed by atoms with E-state index in [4.69, 9.17) is 4.74 Å². The molecule has 0 unspecified atom stereocenters. The second kappa shape index (κ2) is 11.2. The molecule has 1 aliphatic carbocycles. The van der Waals surface area contributed by atoms with Crippen molar-refractivity contribution in [2.75, 3.05) is 33.0 Å². The lowest BCUT2D eigenvalue weighted by Crippen LogP contribution is -2.46. The maximum absolute atomic E-state index is 6.58. The van der Waals surface area contributed by atoms with Crippen molar-refractivity contribution in [1.82, 2.24) is 10.2 Å². The number of hydrogen-bond donors (Lipinski definition) is 2. The lowest BCUT2D eigenvalue weighted by atomic mass is 9.74. The average molecular weight is 464 g/mol. The molecule has 3 aromatic rings. The molecule has 1 heterocycles. The first-order valence-electron chi connectivity index (χ1n) is 12.1. The fourth-order valence-corrected chi connectivity index (χ4v) is 5.84. The molecule has 0 saturated heterocycles. The fourth-order valence-electron chi connectivity index (χ4n) is 5.05. The van der Waals surface area contributed by atoms with Gasteiger partial charge in [-0.3, -0.25) is 4.90 Å². The molecule has 0 amide bonds. The Balaban J connectivity index is 1.45. The van der Waals surface area contributed by atoms with Crippen LogP contribution in [0.3, 0.4) is 0 Å². The Morgan fingerprint density at radius 1 is 1.00 bits per heavy atom. The van der Waals surface area contributed by atoms with Crippen LogP contribution in [0.1, 0.15) is 48.6 Å². The number of nitrogens with one attached hydrogen (secondary N) is 2. The number of hydrogen-bond acceptors (Lipinski definition) is 5. The van der Waals surface area contributed by atoms with Crippen LogP contribution in [0.25, 0.3) is 0 Å². The molecule has 1 aromatic heterocycles. The number of ether oxygens (including phenoxy) is 1. The molecule has 2 aromatic carbocycles. The predicted octanol–water partition coefficient (Wildman–Crippen LogP) is 6.29. The van der Waals surface area contributed by atoms with Crippen LogP contribution in [-0.4, -0.2) is 38.6 Å². The van der Waals surface area contributed by atoms with Gasteiger partial charge in [0.05, 0.1) is 5.69 Å². The third-order valence-electron chi connectivity index (χ3n) is 7.01. The molecule has 1 aliphatic rings.